The van der Waals surface area contributed by atoms with Crippen LogP contribution in [-0.2, 0) is 9.59 Å². The fourth-order valence-corrected chi connectivity index (χ4v) is 0.476. The molecule has 0 fully saturated rings. The van der Waals surface area contributed by atoms with Gasteiger partial charge in [0.15, 0.2) is 5.11 Å². The topological polar surface area (TPSA) is 104 Å². The van der Waals surface area contributed by atoms with Crippen LogP contribution in [0.15, 0.2) is 0 Å². The average molecular weight is 191 g/mol. The Bertz CT molecular complexity index is 186. The largest absolute Gasteiger partial charge is 0.480 e. The molecule has 0 aliphatic heterocycles. The minimum absolute atomic E-state index is 0.000440. The maximum absolute atomic E-state index is 10.7. The van der Waals surface area contributed by atoms with E-state index in [2.05, 4.69) is 22.9 Å². The number of carbonyl (C=O) groups is 2. The van der Waals surface area contributed by atoms with E-state index in [9.17, 15) is 9.59 Å². The summed E-state index contributed by atoms with van der Waals surface area (Å²) in [5.41, 5.74) is 5.02. The van der Waals surface area contributed by atoms with Crippen LogP contribution >= 0.6 is 12.2 Å². The summed E-state index contributed by atoms with van der Waals surface area (Å²) in [6.07, 6.45) is 0. The lowest BCUT2D eigenvalue weighted by Gasteiger charge is -2.02. The van der Waals surface area contributed by atoms with Gasteiger partial charge in [0.25, 0.3) is 0 Å². The van der Waals surface area contributed by atoms with E-state index in [1.165, 1.54) is 0 Å². The second-order valence-corrected chi connectivity index (χ2v) is 2.33. The van der Waals surface area contributed by atoms with E-state index in [0.717, 1.165) is 0 Å². The minimum atomic E-state index is -1.10. The number of carboxylic acid groups (broad SMARTS) is 1. The molecule has 0 heterocycles. The van der Waals surface area contributed by atoms with Crippen LogP contribution in [0.25, 0.3) is 0 Å². The van der Waals surface area contributed by atoms with E-state index in [-0.39, 0.29) is 11.7 Å². The van der Waals surface area contributed by atoms with Gasteiger partial charge in [0.2, 0.25) is 5.91 Å². The zero-order chi connectivity index (χ0) is 9.56. The average Bonchev–Trinajstić information content (AvgIpc) is 1.96. The van der Waals surface area contributed by atoms with Crippen molar-refractivity contribution in [3.63, 3.8) is 0 Å². The molecule has 7 heteroatoms. The van der Waals surface area contributed by atoms with Gasteiger partial charge < -0.3 is 21.5 Å². The minimum Gasteiger partial charge on any atom is -0.480 e. The molecule has 0 aliphatic rings. The van der Waals surface area contributed by atoms with Crippen LogP contribution in [0.3, 0.4) is 0 Å². The maximum atomic E-state index is 10.7. The summed E-state index contributed by atoms with van der Waals surface area (Å²) >= 11 is 4.42. The quantitative estimate of drug-likeness (QED) is 0.384. The van der Waals surface area contributed by atoms with E-state index < -0.39 is 18.4 Å². The molecular weight excluding hydrogens is 182 g/mol. The highest BCUT2D eigenvalue weighted by Crippen LogP contribution is 1.65. The van der Waals surface area contributed by atoms with Crippen molar-refractivity contribution in [3.05, 3.63) is 0 Å². The number of rotatable bonds is 4. The van der Waals surface area contributed by atoms with E-state index in [0.29, 0.717) is 0 Å². The van der Waals surface area contributed by atoms with Gasteiger partial charge in [-0.2, -0.15) is 0 Å². The number of thiocarbonyl (C=S) groups is 1. The first-order valence-corrected chi connectivity index (χ1v) is 3.45. The number of hydrogen-bond acceptors (Lipinski definition) is 3. The van der Waals surface area contributed by atoms with Gasteiger partial charge in [0, 0.05) is 0 Å². The van der Waals surface area contributed by atoms with Gasteiger partial charge in [-0.15, -0.1) is 0 Å². The van der Waals surface area contributed by atoms with E-state index in [4.69, 9.17) is 10.8 Å². The first kappa shape index (κ1) is 10.6. The number of amides is 1. The predicted octanol–water partition coefficient (Wildman–Crippen LogP) is -1.98. The molecule has 0 aromatic heterocycles. The van der Waals surface area contributed by atoms with Crippen LogP contribution < -0.4 is 16.4 Å². The van der Waals surface area contributed by atoms with Crippen molar-refractivity contribution in [1.82, 2.24) is 10.6 Å². The molecule has 6 nitrogen and oxygen atoms in total. The van der Waals surface area contributed by atoms with Crippen molar-refractivity contribution >= 4 is 29.2 Å². The maximum Gasteiger partial charge on any atom is 0.322 e. The molecule has 0 aliphatic carbocycles. The third-order valence-corrected chi connectivity index (χ3v) is 1.00. The first-order chi connectivity index (χ1) is 5.52. The lowest BCUT2D eigenvalue weighted by Crippen LogP contribution is -2.40. The standard InChI is InChI=1S/C5H9N3O3S/c6-5(12)8-1-3(9)7-2-4(10)11/h1-2H2,(H,7,9)(H,10,11)(H3,6,8,12). The van der Waals surface area contributed by atoms with Crippen LogP contribution in [-0.4, -0.2) is 35.2 Å². The molecule has 68 valence electrons. The van der Waals surface area contributed by atoms with E-state index in [1.807, 2.05) is 0 Å². The number of hydrogen-bond donors (Lipinski definition) is 4. The van der Waals surface area contributed by atoms with Gasteiger partial charge in [0.05, 0.1) is 6.54 Å². The molecule has 0 radical (unpaired) electrons. The lowest BCUT2D eigenvalue weighted by atomic mass is 10.5. The second kappa shape index (κ2) is 5.30. The third kappa shape index (κ3) is 6.75. The second-order valence-electron chi connectivity index (χ2n) is 1.89. The van der Waals surface area contributed by atoms with Crippen LogP contribution in [0, 0.1) is 0 Å². The van der Waals surface area contributed by atoms with E-state index >= 15 is 0 Å². The molecule has 0 atom stereocenters. The summed E-state index contributed by atoms with van der Waals surface area (Å²) in [7, 11) is 0. The van der Waals surface area contributed by atoms with Gasteiger partial charge >= 0.3 is 5.97 Å². The Kier molecular flexibility index (Phi) is 4.70. The van der Waals surface area contributed by atoms with Gasteiger partial charge in [-0.05, 0) is 12.2 Å². The molecule has 0 saturated carbocycles. The van der Waals surface area contributed by atoms with Crippen molar-refractivity contribution in [3.8, 4) is 0 Å². The smallest absolute Gasteiger partial charge is 0.322 e. The Morgan fingerprint density at radius 1 is 1.33 bits per heavy atom. The van der Waals surface area contributed by atoms with Gasteiger partial charge in [-0.3, -0.25) is 9.59 Å². The van der Waals surface area contributed by atoms with Crippen molar-refractivity contribution in [2.75, 3.05) is 13.1 Å². The molecule has 0 aromatic carbocycles. The molecular formula is C5H9N3O3S. The SMILES string of the molecule is NC(=S)NCC(=O)NCC(=O)O. The normalized spacial score (nSPS) is 8.67. The van der Waals surface area contributed by atoms with Crippen LogP contribution in [0.1, 0.15) is 0 Å². The number of aliphatic carboxylic acids is 1. The molecule has 0 unspecified atom stereocenters. The van der Waals surface area contributed by atoms with Crippen molar-refractivity contribution in [2.24, 2.45) is 5.73 Å². The van der Waals surface area contributed by atoms with E-state index in [1.54, 1.807) is 0 Å². The molecule has 5 N–H and O–H groups in total. The third-order valence-electron chi connectivity index (χ3n) is 0.860. The molecule has 0 spiro atoms. The van der Waals surface area contributed by atoms with Crippen molar-refractivity contribution in [1.29, 1.82) is 0 Å². The Hall–Kier alpha value is -1.37. The number of carboxylic acids is 1. The Balaban J connectivity index is 3.47. The van der Waals surface area contributed by atoms with Crippen LogP contribution in [0.4, 0.5) is 0 Å². The zero-order valence-corrected chi connectivity index (χ0v) is 6.98. The summed E-state index contributed by atoms with van der Waals surface area (Å²) in [6.45, 7) is -0.513. The first-order valence-electron chi connectivity index (χ1n) is 3.04. The van der Waals surface area contributed by atoms with Crippen LogP contribution in [0.2, 0.25) is 0 Å². The Labute approximate surface area is 74.1 Å². The Morgan fingerprint density at radius 2 is 1.92 bits per heavy atom. The fraction of sp³-hybridized carbons (Fsp3) is 0.400. The molecule has 0 saturated heterocycles. The number of carbonyl (C=O) groups excluding carboxylic acids is 1. The fourth-order valence-electron chi connectivity index (χ4n) is 0.404. The van der Waals surface area contributed by atoms with Crippen molar-refractivity contribution < 1.29 is 14.7 Å². The molecule has 12 heavy (non-hydrogen) atoms. The summed E-state index contributed by atoms with van der Waals surface area (Å²) in [5.74, 6) is -1.57. The number of nitrogens with two attached hydrogens (primary N) is 1. The highest BCUT2D eigenvalue weighted by atomic mass is 32.1. The highest BCUT2D eigenvalue weighted by molar-refractivity contribution is 7.80. The summed E-state index contributed by atoms with van der Waals surface area (Å²) in [5, 5.41) is 12.6. The summed E-state index contributed by atoms with van der Waals surface area (Å²) in [6, 6.07) is 0. The monoisotopic (exact) mass is 191 g/mol. The van der Waals surface area contributed by atoms with Gasteiger partial charge in [0.1, 0.15) is 6.54 Å². The molecule has 0 aromatic rings. The number of nitrogens with one attached hydrogen (secondary N) is 2. The summed E-state index contributed by atoms with van der Waals surface area (Å²) < 4.78 is 0. The Morgan fingerprint density at radius 3 is 2.33 bits per heavy atom. The zero-order valence-electron chi connectivity index (χ0n) is 6.16. The lowest BCUT2D eigenvalue weighted by molar-refractivity contribution is -0.137. The van der Waals surface area contributed by atoms with Crippen molar-refractivity contribution in [2.45, 2.75) is 0 Å². The van der Waals surface area contributed by atoms with Gasteiger partial charge in [-0.1, -0.05) is 0 Å². The van der Waals surface area contributed by atoms with Gasteiger partial charge in [-0.25, -0.2) is 0 Å². The molecule has 0 bridgehead atoms. The predicted molar refractivity (Wildman–Crippen MR) is 45.4 cm³/mol. The van der Waals surface area contributed by atoms with Crippen LogP contribution in [0.5, 0.6) is 0 Å². The summed E-state index contributed by atoms with van der Waals surface area (Å²) in [4.78, 5) is 20.7. The molecule has 0 rings (SSSR count). The molecule has 1 amide bonds. The highest BCUT2D eigenvalue weighted by Gasteiger charge is 2.02.